The van der Waals surface area contributed by atoms with Crippen molar-refractivity contribution >= 4 is 40.6 Å². The van der Waals surface area contributed by atoms with Crippen LogP contribution in [0.3, 0.4) is 0 Å². The van der Waals surface area contributed by atoms with Gasteiger partial charge in [0.25, 0.3) is 0 Å². The Bertz CT molecular complexity index is 362. The fraction of sp³-hybridized carbons (Fsp3) is 0.545. The average Bonchev–Trinajstić information content (AvgIpc) is 2.75. The Morgan fingerprint density at radius 3 is 2.68 bits per heavy atom. The van der Waals surface area contributed by atoms with Gasteiger partial charge < -0.3 is 15.4 Å². The molecule has 0 aliphatic carbocycles. The highest BCUT2D eigenvalue weighted by Crippen LogP contribution is 1.87. The van der Waals surface area contributed by atoms with Gasteiger partial charge in [-0.25, -0.2) is 9.59 Å². The summed E-state index contributed by atoms with van der Waals surface area (Å²) >= 11 is 1.92. The molecule has 0 saturated carbocycles. The van der Waals surface area contributed by atoms with Gasteiger partial charge in [-0.15, -0.1) is 0 Å². The number of alkyl carbamates (subject to hydrolysis) is 1. The van der Waals surface area contributed by atoms with Crippen LogP contribution < -0.4 is 16.0 Å². The summed E-state index contributed by atoms with van der Waals surface area (Å²) in [5, 5.41) is 6.80. The first-order chi connectivity index (χ1) is 9.10. The third-order valence-electron chi connectivity index (χ3n) is 1.78. The molecule has 1 fully saturated rings. The predicted octanol–water partition coefficient (Wildman–Crippen LogP) is 0.734. The molecule has 4 amide bonds. The summed E-state index contributed by atoms with van der Waals surface area (Å²) < 4.78 is 7.45. The summed E-state index contributed by atoms with van der Waals surface area (Å²) in [6, 6.07) is -0.398. The number of unbranched alkanes of at least 4 members (excludes halogenated alkanes) is 1. The molecule has 1 saturated heterocycles. The van der Waals surface area contributed by atoms with Crippen LogP contribution in [0.2, 0.25) is 0 Å². The molecule has 3 N–H and O–H groups in total. The van der Waals surface area contributed by atoms with Gasteiger partial charge in [0.2, 0.25) is 5.91 Å². The van der Waals surface area contributed by atoms with Gasteiger partial charge in [0.1, 0.15) is 0 Å². The highest BCUT2D eigenvalue weighted by atomic mass is 127. The van der Waals surface area contributed by atoms with Crippen LogP contribution in [0.25, 0.3) is 0 Å². The van der Waals surface area contributed by atoms with Gasteiger partial charge in [-0.05, 0) is 10.3 Å². The number of hydrogen-bond donors (Lipinski definition) is 3. The number of rotatable bonds is 4. The quantitative estimate of drug-likeness (QED) is 0.290. The fourth-order valence-electron chi connectivity index (χ4n) is 0.886. The van der Waals surface area contributed by atoms with Gasteiger partial charge in [0.05, 0.1) is 19.7 Å². The number of halogens is 1. The summed E-state index contributed by atoms with van der Waals surface area (Å²) in [5.74, 6) is 2.44. The van der Waals surface area contributed by atoms with Gasteiger partial charge in [-0.2, -0.15) is 0 Å². The lowest BCUT2D eigenvalue weighted by Crippen LogP contribution is -2.24. The second-order valence-corrected chi connectivity index (χ2v) is 3.88. The maximum atomic E-state index is 10.8. The summed E-state index contributed by atoms with van der Waals surface area (Å²) in [6.07, 6.45) is 1.55. The second kappa shape index (κ2) is 11.6. The summed E-state index contributed by atoms with van der Waals surface area (Å²) in [4.78, 5) is 30.9. The molecule has 0 aromatic rings. The number of hydrogen-bond acceptors (Lipinski definition) is 4. The Morgan fingerprint density at radius 1 is 1.53 bits per heavy atom. The van der Waals surface area contributed by atoms with Crippen molar-refractivity contribution in [3.63, 3.8) is 0 Å². The van der Waals surface area contributed by atoms with E-state index in [0.29, 0.717) is 13.2 Å². The first-order valence-corrected chi connectivity index (χ1v) is 6.74. The van der Waals surface area contributed by atoms with Crippen LogP contribution in [0, 0.1) is 9.85 Å². The molecular formula is C11H16IN3O4. The number of imide groups is 1. The molecule has 0 aromatic heterocycles. The van der Waals surface area contributed by atoms with Crippen LogP contribution >= 0.6 is 22.6 Å². The number of nitrogens with one attached hydrogen (secondary N) is 3. The molecule has 106 valence electrons. The maximum Gasteiger partial charge on any atom is 0.407 e. The molecule has 1 aliphatic rings. The molecule has 0 atom stereocenters. The fourth-order valence-corrected chi connectivity index (χ4v) is 1.08. The summed E-state index contributed by atoms with van der Waals surface area (Å²) in [5.41, 5.74) is 0. The summed E-state index contributed by atoms with van der Waals surface area (Å²) in [7, 11) is 0. The van der Waals surface area contributed by atoms with Crippen molar-refractivity contribution in [2.45, 2.75) is 19.8 Å². The number of carbonyl (C=O) groups excluding carboxylic acids is 3. The van der Waals surface area contributed by atoms with Crippen molar-refractivity contribution in [2.75, 3.05) is 19.7 Å². The van der Waals surface area contributed by atoms with Crippen molar-refractivity contribution in [3.8, 4) is 9.85 Å². The minimum Gasteiger partial charge on any atom is -0.450 e. The Labute approximate surface area is 125 Å². The number of ether oxygens (including phenoxy) is 1. The van der Waals surface area contributed by atoms with E-state index in [1.54, 1.807) is 0 Å². The summed E-state index contributed by atoms with van der Waals surface area (Å²) in [6.45, 7) is 3.01. The molecule has 19 heavy (non-hydrogen) atoms. The molecular weight excluding hydrogens is 365 g/mol. The smallest absolute Gasteiger partial charge is 0.407 e. The number of carbonyl (C=O) groups is 3. The lowest BCUT2D eigenvalue weighted by atomic mass is 10.4. The first kappa shape index (κ1) is 17.5. The maximum absolute atomic E-state index is 10.8. The molecule has 1 rings (SSSR count). The monoisotopic (exact) mass is 381 g/mol. The lowest BCUT2D eigenvalue weighted by molar-refractivity contribution is -0.117. The van der Waals surface area contributed by atoms with E-state index in [-0.39, 0.29) is 18.5 Å². The minimum absolute atomic E-state index is 0.124. The molecule has 0 unspecified atom stereocenters. The number of amides is 4. The van der Waals surface area contributed by atoms with Gasteiger partial charge in [-0.1, -0.05) is 19.3 Å². The highest BCUT2D eigenvalue weighted by Gasteiger charge is 2.14. The molecule has 0 spiro atoms. The van der Waals surface area contributed by atoms with E-state index in [9.17, 15) is 14.4 Å². The van der Waals surface area contributed by atoms with Crippen LogP contribution in [-0.4, -0.2) is 37.7 Å². The van der Waals surface area contributed by atoms with E-state index in [1.165, 1.54) is 0 Å². The van der Waals surface area contributed by atoms with Gasteiger partial charge >= 0.3 is 12.1 Å². The second-order valence-electron chi connectivity index (χ2n) is 3.35. The Kier molecular flexibility index (Phi) is 10.7. The average molecular weight is 381 g/mol. The van der Waals surface area contributed by atoms with Gasteiger partial charge in [0.15, 0.2) is 0 Å². The topological polar surface area (TPSA) is 96.5 Å². The SMILES string of the molecule is CCCCOC(=O)NCC#CI.O=C1CNC(=O)N1. The van der Waals surface area contributed by atoms with Crippen molar-refractivity contribution in [3.05, 3.63) is 0 Å². The van der Waals surface area contributed by atoms with E-state index in [4.69, 9.17) is 4.74 Å². The molecule has 0 radical (unpaired) electrons. The molecule has 7 nitrogen and oxygen atoms in total. The zero-order valence-corrected chi connectivity index (χ0v) is 12.7. The van der Waals surface area contributed by atoms with Crippen molar-refractivity contribution in [2.24, 2.45) is 0 Å². The van der Waals surface area contributed by atoms with Crippen molar-refractivity contribution < 1.29 is 19.1 Å². The molecule has 0 aromatic carbocycles. The van der Waals surface area contributed by atoms with E-state index in [2.05, 4.69) is 20.5 Å². The van der Waals surface area contributed by atoms with E-state index < -0.39 is 6.03 Å². The molecule has 8 heteroatoms. The third kappa shape index (κ3) is 11.3. The molecule has 1 heterocycles. The lowest BCUT2D eigenvalue weighted by Gasteiger charge is -2.02. The van der Waals surface area contributed by atoms with Crippen LogP contribution in [0.1, 0.15) is 19.8 Å². The van der Waals surface area contributed by atoms with Crippen LogP contribution in [-0.2, 0) is 9.53 Å². The largest absolute Gasteiger partial charge is 0.450 e. The minimum atomic E-state index is -0.398. The Balaban J connectivity index is 0.000000388. The normalized spacial score (nSPS) is 12.1. The zero-order chi connectivity index (χ0) is 14.5. The van der Waals surface area contributed by atoms with Crippen LogP contribution in [0.4, 0.5) is 9.59 Å². The predicted molar refractivity (Wildman–Crippen MR) is 77.6 cm³/mol. The van der Waals surface area contributed by atoms with Gasteiger partial charge in [0, 0.05) is 22.6 Å². The first-order valence-electron chi connectivity index (χ1n) is 5.67. The standard InChI is InChI=1S/C8H12INO2.C3H4N2O2/c1-2-3-7-12-8(11)10-6-4-5-9;6-2-1-4-3(7)5-2/h2-3,6-7H2,1H3,(H,10,11);1H2,(H2,4,5,6,7). The highest BCUT2D eigenvalue weighted by molar-refractivity contribution is 14.1. The zero-order valence-electron chi connectivity index (χ0n) is 10.5. The molecule has 1 aliphatic heterocycles. The van der Waals surface area contributed by atoms with Crippen molar-refractivity contribution in [1.82, 2.24) is 16.0 Å². The molecule has 0 bridgehead atoms. The van der Waals surface area contributed by atoms with Crippen LogP contribution in [0.5, 0.6) is 0 Å². The van der Waals surface area contributed by atoms with E-state index in [1.807, 2.05) is 34.8 Å². The van der Waals surface area contributed by atoms with Crippen molar-refractivity contribution in [1.29, 1.82) is 0 Å². The van der Waals surface area contributed by atoms with Crippen LogP contribution in [0.15, 0.2) is 0 Å². The van der Waals surface area contributed by atoms with Gasteiger partial charge in [-0.3, -0.25) is 10.1 Å². The Morgan fingerprint density at radius 2 is 2.26 bits per heavy atom. The van der Waals surface area contributed by atoms with E-state index >= 15 is 0 Å². The third-order valence-corrected chi connectivity index (χ3v) is 2.16. The van der Waals surface area contributed by atoms with E-state index in [0.717, 1.165) is 12.8 Å². The number of urea groups is 1. The Hall–Kier alpha value is -1.50.